The van der Waals surface area contributed by atoms with Crippen molar-refractivity contribution in [1.29, 1.82) is 0 Å². The number of aromatic nitrogens is 2. The molecule has 0 unspecified atom stereocenters. The van der Waals surface area contributed by atoms with E-state index in [0.29, 0.717) is 31.4 Å². The minimum atomic E-state index is -1.06. The van der Waals surface area contributed by atoms with E-state index in [4.69, 9.17) is 5.11 Å². The molecular weight excluding hydrogens is 249 g/mol. The van der Waals surface area contributed by atoms with Gasteiger partial charge in [0.2, 0.25) is 0 Å². The van der Waals surface area contributed by atoms with Crippen molar-refractivity contribution in [2.24, 2.45) is 4.99 Å². The fraction of sp³-hybridized carbons (Fsp3) is 0.385. The Balaban J connectivity index is 1.87. The van der Waals surface area contributed by atoms with Crippen molar-refractivity contribution >= 4 is 11.9 Å². The number of aromatic carboxylic acids is 1. The first-order valence-corrected chi connectivity index (χ1v) is 6.11. The maximum absolute atomic E-state index is 12.9. The van der Waals surface area contributed by atoms with E-state index in [1.165, 1.54) is 12.4 Å². The van der Waals surface area contributed by atoms with Gasteiger partial charge in [0, 0.05) is 17.8 Å². The van der Waals surface area contributed by atoms with E-state index in [9.17, 15) is 9.18 Å². The van der Waals surface area contributed by atoms with Gasteiger partial charge in [-0.3, -0.25) is 0 Å². The van der Waals surface area contributed by atoms with Crippen molar-refractivity contribution in [1.82, 2.24) is 9.97 Å². The number of allylic oxidation sites excluding steroid dienone is 2. The molecule has 0 bridgehead atoms. The highest BCUT2D eigenvalue weighted by Gasteiger charge is 2.08. The Morgan fingerprint density at radius 2 is 2.21 bits per heavy atom. The van der Waals surface area contributed by atoms with Crippen molar-refractivity contribution in [3.63, 3.8) is 0 Å². The van der Waals surface area contributed by atoms with Gasteiger partial charge in [-0.1, -0.05) is 6.08 Å². The van der Waals surface area contributed by atoms with Gasteiger partial charge in [-0.15, -0.1) is 0 Å². The lowest BCUT2D eigenvalue weighted by Gasteiger charge is -2.07. The van der Waals surface area contributed by atoms with E-state index in [-0.39, 0.29) is 11.7 Å². The Bertz CT molecular complexity index is 540. The minimum Gasteiger partial charge on any atom is -0.477 e. The topological polar surface area (TPSA) is 75.4 Å². The van der Waals surface area contributed by atoms with Crippen LogP contribution in [0.4, 0.5) is 4.39 Å². The Morgan fingerprint density at radius 1 is 1.37 bits per heavy atom. The summed E-state index contributed by atoms with van der Waals surface area (Å²) in [6, 6.07) is 1.46. The monoisotopic (exact) mass is 263 g/mol. The van der Waals surface area contributed by atoms with E-state index < -0.39 is 5.97 Å². The number of aryl methyl sites for hydroxylation is 1. The molecule has 1 aromatic rings. The summed E-state index contributed by atoms with van der Waals surface area (Å²) in [6.07, 6.45) is 6.30. The van der Waals surface area contributed by atoms with E-state index in [2.05, 4.69) is 15.0 Å². The predicted molar refractivity (Wildman–Crippen MR) is 67.8 cm³/mol. The molecule has 5 nitrogen and oxygen atoms in total. The summed E-state index contributed by atoms with van der Waals surface area (Å²) in [4.78, 5) is 22.3. The van der Waals surface area contributed by atoms with Crippen LogP contribution in [0.2, 0.25) is 0 Å². The van der Waals surface area contributed by atoms with Crippen LogP contribution in [0.1, 0.15) is 41.9 Å². The first-order chi connectivity index (χ1) is 9.15. The number of nitrogens with zero attached hydrogens (tertiary/aromatic N) is 3. The minimum absolute atomic E-state index is 0.00838. The fourth-order valence-electron chi connectivity index (χ4n) is 1.88. The lowest BCUT2D eigenvalue weighted by atomic mass is 10.1. The van der Waals surface area contributed by atoms with Gasteiger partial charge in [0.1, 0.15) is 6.33 Å². The van der Waals surface area contributed by atoms with Crippen LogP contribution in [0.15, 0.2) is 29.2 Å². The fourth-order valence-corrected chi connectivity index (χ4v) is 1.88. The molecule has 100 valence electrons. The van der Waals surface area contributed by atoms with Crippen LogP contribution in [-0.4, -0.2) is 27.0 Å². The summed E-state index contributed by atoms with van der Waals surface area (Å²) in [6.45, 7) is 0. The molecule has 2 rings (SSSR count). The van der Waals surface area contributed by atoms with Gasteiger partial charge < -0.3 is 5.11 Å². The third-order valence-corrected chi connectivity index (χ3v) is 2.80. The largest absolute Gasteiger partial charge is 0.477 e. The van der Waals surface area contributed by atoms with Crippen LogP contribution in [0, 0.1) is 0 Å². The molecule has 0 saturated heterocycles. The Labute approximate surface area is 109 Å². The Hall–Kier alpha value is -2.11. The zero-order valence-corrected chi connectivity index (χ0v) is 10.3. The van der Waals surface area contributed by atoms with Gasteiger partial charge in [0.25, 0.3) is 0 Å². The maximum Gasteiger partial charge on any atom is 0.354 e. The average Bonchev–Trinajstić information content (AvgIpc) is 2.39. The molecule has 6 heteroatoms. The molecule has 0 aliphatic carbocycles. The Kier molecular flexibility index (Phi) is 4.33. The normalized spacial score (nSPS) is 14.8. The second-order valence-corrected chi connectivity index (χ2v) is 4.28. The van der Waals surface area contributed by atoms with Crippen LogP contribution in [0.5, 0.6) is 0 Å². The zero-order valence-electron chi connectivity index (χ0n) is 10.3. The predicted octanol–water partition coefficient (Wildman–Crippen LogP) is 2.54. The number of hydrogen-bond donors (Lipinski definition) is 1. The van der Waals surface area contributed by atoms with Gasteiger partial charge in [0.15, 0.2) is 11.7 Å². The van der Waals surface area contributed by atoms with Crippen molar-refractivity contribution < 1.29 is 14.3 Å². The standard InChI is InChI=1S/C13H14FN3O2/c14-12-6-2-4-9(17-12)3-1-5-10-7-11(13(18)19)16-8-15-10/h4,7-8H,1-3,5-6H2,(H,18,19). The number of aliphatic imine (C=N–C) groups is 1. The molecule has 1 aliphatic rings. The van der Waals surface area contributed by atoms with Gasteiger partial charge in [0.05, 0.1) is 0 Å². The summed E-state index contributed by atoms with van der Waals surface area (Å²) < 4.78 is 12.9. The summed E-state index contributed by atoms with van der Waals surface area (Å²) in [5, 5.41) is 8.81. The van der Waals surface area contributed by atoms with Crippen molar-refractivity contribution in [3.8, 4) is 0 Å². The zero-order chi connectivity index (χ0) is 13.7. The number of halogens is 1. The molecular formula is C13H14FN3O2. The molecule has 0 fully saturated rings. The second kappa shape index (κ2) is 6.17. The van der Waals surface area contributed by atoms with E-state index >= 15 is 0 Å². The highest BCUT2D eigenvalue weighted by molar-refractivity contribution is 5.85. The molecule has 0 aromatic carbocycles. The van der Waals surface area contributed by atoms with Crippen LogP contribution in [0.3, 0.4) is 0 Å². The first-order valence-electron chi connectivity index (χ1n) is 6.11. The quantitative estimate of drug-likeness (QED) is 0.885. The second-order valence-electron chi connectivity index (χ2n) is 4.28. The maximum atomic E-state index is 12.9. The summed E-state index contributed by atoms with van der Waals surface area (Å²) in [5.41, 5.74) is 1.43. The third kappa shape index (κ3) is 3.94. The lowest BCUT2D eigenvalue weighted by molar-refractivity contribution is 0.0690. The molecule has 0 saturated carbocycles. The lowest BCUT2D eigenvalue weighted by Crippen LogP contribution is -2.03. The summed E-state index contributed by atoms with van der Waals surface area (Å²) >= 11 is 0. The molecule has 19 heavy (non-hydrogen) atoms. The molecule has 1 N–H and O–H groups in total. The number of carbonyl (C=O) groups is 1. The number of hydrogen-bond acceptors (Lipinski definition) is 4. The van der Waals surface area contributed by atoms with E-state index in [1.807, 2.05) is 6.08 Å². The third-order valence-electron chi connectivity index (χ3n) is 2.80. The van der Waals surface area contributed by atoms with Crippen LogP contribution < -0.4 is 0 Å². The van der Waals surface area contributed by atoms with Crippen molar-refractivity contribution in [3.05, 3.63) is 35.6 Å². The van der Waals surface area contributed by atoms with E-state index in [0.717, 1.165) is 12.1 Å². The van der Waals surface area contributed by atoms with Crippen LogP contribution >= 0.6 is 0 Å². The molecule has 1 aliphatic heterocycles. The van der Waals surface area contributed by atoms with Gasteiger partial charge in [-0.25, -0.2) is 19.8 Å². The van der Waals surface area contributed by atoms with E-state index in [1.54, 1.807) is 0 Å². The molecule has 0 atom stereocenters. The number of carboxylic acid groups (broad SMARTS) is 1. The molecule has 0 radical (unpaired) electrons. The Morgan fingerprint density at radius 3 is 2.95 bits per heavy atom. The summed E-state index contributed by atoms with van der Waals surface area (Å²) in [7, 11) is 0. The number of carboxylic acids is 1. The van der Waals surface area contributed by atoms with Gasteiger partial charge in [-0.05, 0) is 31.7 Å². The average molecular weight is 263 g/mol. The van der Waals surface area contributed by atoms with Crippen LogP contribution in [0.25, 0.3) is 0 Å². The SMILES string of the molecule is O=C(O)c1cc(CCCC2=CCCC(F)=N2)ncn1. The highest BCUT2D eigenvalue weighted by Crippen LogP contribution is 2.17. The molecule has 1 aromatic heterocycles. The first kappa shape index (κ1) is 13.3. The smallest absolute Gasteiger partial charge is 0.354 e. The van der Waals surface area contributed by atoms with Crippen molar-refractivity contribution in [2.45, 2.75) is 32.1 Å². The molecule has 0 amide bonds. The molecule has 2 heterocycles. The van der Waals surface area contributed by atoms with Crippen LogP contribution in [-0.2, 0) is 6.42 Å². The molecule has 0 spiro atoms. The number of rotatable bonds is 5. The van der Waals surface area contributed by atoms with Gasteiger partial charge in [-0.2, -0.15) is 4.39 Å². The summed E-state index contributed by atoms with van der Waals surface area (Å²) in [5.74, 6) is -1.38. The van der Waals surface area contributed by atoms with Gasteiger partial charge >= 0.3 is 5.97 Å². The van der Waals surface area contributed by atoms with Crippen molar-refractivity contribution in [2.75, 3.05) is 0 Å². The highest BCUT2D eigenvalue weighted by atomic mass is 19.1.